The number of nitrogens with zero attached hydrogens (tertiary/aromatic N) is 1. The number of Topliss-reactive ketones (excluding diaryl/α,β-unsaturated/α-hetero) is 1. The highest BCUT2D eigenvalue weighted by Crippen LogP contribution is 2.05. The van der Waals surface area contributed by atoms with Crippen LogP contribution in [0.4, 0.5) is 0 Å². The number of piperazine rings is 1. The van der Waals surface area contributed by atoms with Crippen LogP contribution >= 0.6 is 0 Å². The van der Waals surface area contributed by atoms with E-state index >= 15 is 0 Å². The molecule has 12 heavy (non-hydrogen) atoms. The Kier molecular flexibility index (Phi) is 3.69. The Morgan fingerprint density at radius 2 is 2.50 bits per heavy atom. The molecule has 0 aliphatic carbocycles. The largest absolute Gasteiger partial charge is 0.314 e. The highest BCUT2D eigenvalue weighted by molar-refractivity contribution is 5.86. The fourth-order valence-corrected chi connectivity index (χ4v) is 1.32. The maximum atomic E-state index is 11.1. The van der Waals surface area contributed by atoms with Crippen LogP contribution in [0.3, 0.4) is 0 Å². The maximum absolute atomic E-state index is 11.1. The number of ketones is 1. The average Bonchev–Trinajstić information content (AvgIpc) is 2.09. The highest BCUT2D eigenvalue weighted by Gasteiger charge is 2.19. The number of hydrogen-bond donors (Lipinski definition) is 1. The van der Waals surface area contributed by atoms with E-state index in [4.69, 9.17) is 0 Å². The lowest BCUT2D eigenvalue weighted by molar-refractivity contribution is -0.117. The molecule has 0 bridgehead atoms. The third-order valence-corrected chi connectivity index (χ3v) is 2.21. The lowest BCUT2D eigenvalue weighted by Gasteiger charge is -2.32. The first-order chi connectivity index (χ1) is 5.74. The summed E-state index contributed by atoms with van der Waals surface area (Å²) in [6.07, 6.45) is 0.608. The fraction of sp³-hybridized carbons (Fsp3) is 0.778. The zero-order valence-electron chi connectivity index (χ0n) is 7.84. The standard InChI is InChI=1S/C9H17N2O/c1-3-9(12)7-11-5-4-10-6-8(11)2/h7-8,10H,3-6H2,1-2H3. The van der Waals surface area contributed by atoms with Gasteiger partial charge < -0.3 is 5.32 Å². The van der Waals surface area contributed by atoms with E-state index in [1.807, 2.05) is 6.92 Å². The van der Waals surface area contributed by atoms with E-state index in [1.165, 1.54) is 0 Å². The van der Waals surface area contributed by atoms with Crippen molar-refractivity contribution in [2.24, 2.45) is 0 Å². The Balaban J connectivity index is 2.33. The zero-order chi connectivity index (χ0) is 8.97. The quantitative estimate of drug-likeness (QED) is 0.664. The topological polar surface area (TPSA) is 32.3 Å². The predicted octanol–water partition coefficient (Wildman–Crippen LogP) is 0.421. The molecule has 0 aromatic heterocycles. The highest BCUT2D eigenvalue weighted by atomic mass is 16.1. The van der Waals surface area contributed by atoms with Crippen LogP contribution in [0.15, 0.2) is 0 Å². The first kappa shape index (κ1) is 9.68. The van der Waals surface area contributed by atoms with E-state index in [-0.39, 0.29) is 5.78 Å². The Labute approximate surface area is 74.1 Å². The summed E-state index contributed by atoms with van der Waals surface area (Å²) in [4.78, 5) is 13.2. The molecule has 1 N–H and O–H groups in total. The van der Waals surface area contributed by atoms with E-state index in [1.54, 1.807) is 6.54 Å². The van der Waals surface area contributed by atoms with Gasteiger partial charge in [-0.2, -0.15) is 0 Å². The third-order valence-electron chi connectivity index (χ3n) is 2.21. The molecule has 0 amide bonds. The normalized spacial score (nSPS) is 25.7. The minimum absolute atomic E-state index is 0.226. The maximum Gasteiger partial charge on any atom is 0.151 e. The molecule has 1 fully saturated rings. The number of hydrogen-bond acceptors (Lipinski definition) is 3. The van der Waals surface area contributed by atoms with Crippen LogP contribution in [0.5, 0.6) is 0 Å². The van der Waals surface area contributed by atoms with Crippen molar-refractivity contribution in [1.29, 1.82) is 0 Å². The van der Waals surface area contributed by atoms with Crippen LogP contribution in [0.1, 0.15) is 20.3 Å². The summed E-state index contributed by atoms with van der Waals surface area (Å²) in [6.45, 7) is 8.70. The van der Waals surface area contributed by atoms with E-state index in [0.717, 1.165) is 19.6 Å². The minimum atomic E-state index is 0.226. The van der Waals surface area contributed by atoms with Gasteiger partial charge in [-0.25, -0.2) is 0 Å². The lowest BCUT2D eigenvalue weighted by Crippen LogP contribution is -2.49. The van der Waals surface area contributed by atoms with Gasteiger partial charge in [-0.15, -0.1) is 0 Å². The first-order valence-electron chi connectivity index (χ1n) is 4.58. The second kappa shape index (κ2) is 4.58. The van der Waals surface area contributed by atoms with Crippen molar-refractivity contribution in [3.05, 3.63) is 6.54 Å². The Morgan fingerprint density at radius 1 is 1.75 bits per heavy atom. The molecule has 69 valence electrons. The SMILES string of the molecule is CCC(=O)[CH]N1CCNCC1C. The summed E-state index contributed by atoms with van der Waals surface area (Å²) in [5.41, 5.74) is 0. The molecule has 1 saturated heterocycles. The first-order valence-corrected chi connectivity index (χ1v) is 4.58. The van der Waals surface area contributed by atoms with Gasteiger partial charge in [0.1, 0.15) is 0 Å². The number of carbonyl (C=O) groups excluding carboxylic acids is 1. The van der Waals surface area contributed by atoms with Crippen molar-refractivity contribution in [1.82, 2.24) is 10.2 Å². The molecule has 0 spiro atoms. The van der Waals surface area contributed by atoms with Crippen molar-refractivity contribution in [3.8, 4) is 0 Å². The molecule has 0 aromatic carbocycles. The molecular weight excluding hydrogens is 152 g/mol. The molecule has 1 unspecified atom stereocenters. The van der Waals surface area contributed by atoms with Crippen LogP contribution in [-0.2, 0) is 4.79 Å². The van der Waals surface area contributed by atoms with Gasteiger partial charge in [0.05, 0.1) is 6.54 Å². The van der Waals surface area contributed by atoms with Gasteiger partial charge in [-0.05, 0) is 6.92 Å². The molecule has 0 aromatic rings. The smallest absolute Gasteiger partial charge is 0.151 e. The van der Waals surface area contributed by atoms with Gasteiger partial charge in [-0.3, -0.25) is 9.69 Å². The number of rotatable bonds is 3. The molecule has 1 aliphatic rings. The Bertz CT molecular complexity index is 159. The molecule has 3 nitrogen and oxygen atoms in total. The van der Waals surface area contributed by atoms with Crippen LogP contribution < -0.4 is 5.32 Å². The lowest BCUT2D eigenvalue weighted by atomic mass is 10.2. The molecular formula is C9H17N2O. The molecule has 0 saturated carbocycles. The zero-order valence-corrected chi connectivity index (χ0v) is 7.84. The van der Waals surface area contributed by atoms with Crippen LogP contribution in [0, 0.1) is 6.54 Å². The van der Waals surface area contributed by atoms with Crippen molar-refractivity contribution >= 4 is 5.78 Å². The van der Waals surface area contributed by atoms with Crippen molar-refractivity contribution < 1.29 is 4.79 Å². The number of carbonyl (C=O) groups is 1. The Hall–Kier alpha value is -0.410. The third kappa shape index (κ3) is 2.57. The summed E-state index contributed by atoms with van der Waals surface area (Å²) in [7, 11) is 0. The average molecular weight is 169 g/mol. The second-order valence-corrected chi connectivity index (χ2v) is 3.24. The molecule has 1 heterocycles. The molecule has 1 atom stereocenters. The van der Waals surface area contributed by atoms with Gasteiger partial charge in [-0.1, -0.05) is 6.92 Å². The minimum Gasteiger partial charge on any atom is -0.314 e. The predicted molar refractivity (Wildman–Crippen MR) is 48.6 cm³/mol. The van der Waals surface area contributed by atoms with Crippen LogP contribution in [0.2, 0.25) is 0 Å². The molecule has 1 radical (unpaired) electrons. The van der Waals surface area contributed by atoms with Gasteiger partial charge >= 0.3 is 0 Å². The van der Waals surface area contributed by atoms with E-state index in [9.17, 15) is 4.79 Å². The van der Waals surface area contributed by atoms with Crippen molar-refractivity contribution in [2.75, 3.05) is 19.6 Å². The Morgan fingerprint density at radius 3 is 3.08 bits per heavy atom. The van der Waals surface area contributed by atoms with Gasteiger partial charge in [0.15, 0.2) is 5.78 Å². The summed E-state index contributed by atoms with van der Waals surface area (Å²) in [5, 5.41) is 3.28. The molecule has 1 rings (SSSR count). The molecule has 1 aliphatic heterocycles. The van der Waals surface area contributed by atoms with Crippen molar-refractivity contribution in [3.63, 3.8) is 0 Å². The van der Waals surface area contributed by atoms with Gasteiger partial charge in [0, 0.05) is 32.1 Å². The molecule has 3 heteroatoms. The summed E-state index contributed by atoms with van der Waals surface area (Å²) >= 11 is 0. The fourth-order valence-electron chi connectivity index (χ4n) is 1.32. The van der Waals surface area contributed by atoms with E-state index in [0.29, 0.717) is 12.5 Å². The van der Waals surface area contributed by atoms with Crippen LogP contribution in [0.25, 0.3) is 0 Å². The summed E-state index contributed by atoms with van der Waals surface area (Å²) in [5.74, 6) is 0.226. The van der Waals surface area contributed by atoms with Gasteiger partial charge in [0.2, 0.25) is 0 Å². The van der Waals surface area contributed by atoms with Gasteiger partial charge in [0.25, 0.3) is 0 Å². The summed E-state index contributed by atoms with van der Waals surface area (Å²) in [6, 6.07) is 0.453. The van der Waals surface area contributed by atoms with E-state index < -0.39 is 0 Å². The monoisotopic (exact) mass is 169 g/mol. The van der Waals surface area contributed by atoms with E-state index in [2.05, 4.69) is 17.1 Å². The number of nitrogens with one attached hydrogen (secondary N) is 1. The van der Waals surface area contributed by atoms with Crippen molar-refractivity contribution in [2.45, 2.75) is 26.3 Å². The van der Waals surface area contributed by atoms with Crippen LogP contribution in [-0.4, -0.2) is 36.4 Å². The summed E-state index contributed by atoms with van der Waals surface area (Å²) < 4.78 is 0. The second-order valence-electron chi connectivity index (χ2n) is 3.24.